The molecule has 0 aliphatic heterocycles. The van der Waals surface area contributed by atoms with Crippen LogP contribution >= 0.6 is 0 Å². The van der Waals surface area contributed by atoms with E-state index >= 15 is 4.39 Å². The first kappa shape index (κ1) is 31.7. The van der Waals surface area contributed by atoms with E-state index in [-0.39, 0.29) is 41.8 Å². The first-order valence-electron chi connectivity index (χ1n) is 13.4. The molecule has 0 amide bonds. The van der Waals surface area contributed by atoms with Crippen molar-refractivity contribution in [2.45, 2.75) is 51.8 Å². The zero-order valence-electron chi connectivity index (χ0n) is 22.9. The van der Waals surface area contributed by atoms with Gasteiger partial charge >= 0.3 is 6.36 Å². The molecular formula is C32H26F8N2O. The summed E-state index contributed by atoms with van der Waals surface area (Å²) < 4.78 is 112. The SMILES string of the molecule is CCCCCC(F)=C(F)c1ccc(-c2ccc(-c3cnc(CCc4cc(F)c(OC(F)(F)F)c(F)c4)nc3)c(F)c2)cc1. The minimum atomic E-state index is -5.24. The van der Waals surface area contributed by atoms with Gasteiger partial charge in [-0.1, -0.05) is 56.2 Å². The van der Waals surface area contributed by atoms with Crippen LogP contribution in [0.25, 0.3) is 28.1 Å². The lowest BCUT2D eigenvalue weighted by molar-refractivity contribution is -0.276. The second-order valence-electron chi connectivity index (χ2n) is 9.77. The van der Waals surface area contributed by atoms with Crippen LogP contribution in [0.1, 0.15) is 49.6 Å². The molecule has 0 aliphatic carbocycles. The molecule has 0 aliphatic rings. The van der Waals surface area contributed by atoms with E-state index in [4.69, 9.17) is 0 Å². The Morgan fingerprint density at radius 1 is 0.744 bits per heavy atom. The van der Waals surface area contributed by atoms with Gasteiger partial charge in [0.1, 0.15) is 17.5 Å². The molecule has 1 heterocycles. The molecule has 0 N–H and O–H groups in total. The van der Waals surface area contributed by atoms with Gasteiger partial charge in [0.15, 0.2) is 17.5 Å². The van der Waals surface area contributed by atoms with Crippen LogP contribution in [0.3, 0.4) is 0 Å². The van der Waals surface area contributed by atoms with Crippen LogP contribution in [0.15, 0.2) is 72.8 Å². The Morgan fingerprint density at radius 3 is 1.95 bits per heavy atom. The third-order valence-electron chi connectivity index (χ3n) is 6.61. The summed E-state index contributed by atoms with van der Waals surface area (Å²) in [6, 6.07) is 12.0. The monoisotopic (exact) mass is 606 g/mol. The fourth-order valence-electron chi connectivity index (χ4n) is 4.38. The molecule has 226 valence electrons. The van der Waals surface area contributed by atoms with Crippen LogP contribution in [0.5, 0.6) is 5.75 Å². The molecule has 4 rings (SSSR count). The number of aromatic nitrogens is 2. The van der Waals surface area contributed by atoms with E-state index in [2.05, 4.69) is 14.7 Å². The Bertz CT molecular complexity index is 1560. The molecule has 0 bridgehead atoms. The summed E-state index contributed by atoms with van der Waals surface area (Å²) in [6.45, 7) is 1.98. The van der Waals surface area contributed by atoms with Crippen molar-refractivity contribution in [2.75, 3.05) is 0 Å². The number of rotatable bonds is 11. The molecule has 0 atom stereocenters. The zero-order chi connectivity index (χ0) is 31.1. The third kappa shape index (κ3) is 8.39. The quantitative estimate of drug-likeness (QED) is 0.126. The minimum Gasteiger partial charge on any atom is -0.399 e. The number of hydrogen-bond acceptors (Lipinski definition) is 3. The topological polar surface area (TPSA) is 35.0 Å². The van der Waals surface area contributed by atoms with Gasteiger partial charge in [0, 0.05) is 41.9 Å². The molecule has 3 nitrogen and oxygen atoms in total. The van der Waals surface area contributed by atoms with E-state index in [0.717, 1.165) is 25.0 Å². The molecule has 4 aromatic rings. The number of halogens is 8. The van der Waals surface area contributed by atoms with Crippen molar-refractivity contribution in [1.29, 1.82) is 0 Å². The molecule has 1 aromatic heterocycles. The molecule has 11 heteroatoms. The average molecular weight is 607 g/mol. The van der Waals surface area contributed by atoms with E-state index in [1.807, 2.05) is 6.92 Å². The fraction of sp³-hybridized carbons (Fsp3) is 0.250. The van der Waals surface area contributed by atoms with Crippen LogP contribution in [0.4, 0.5) is 35.1 Å². The summed E-state index contributed by atoms with van der Waals surface area (Å²) >= 11 is 0. The summed E-state index contributed by atoms with van der Waals surface area (Å²) in [6.07, 6.45) is -0.0434. The molecule has 3 aromatic carbocycles. The predicted molar refractivity (Wildman–Crippen MR) is 147 cm³/mol. The van der Waals surface area contributed by atoms with Gasteiger partial charge in [0.05, 0.1) is 0 Å². The first-order valence-corrected chi connectivity index (χ1v) is 13.4. The van der Waals surface area contributed by atoms with Crippen molar-refractivity contribution >= 4 is 5.83 Å². The Kier molecular flexibility index (Phi) is 10.2. The Hall–Kier alpha value is -4.28. The molecule has 43 heavy (non-hydrogen) atoms. The van der Waals surface area contributed by atoms with Gasteiger partial charge in [-0.15, -0.1) is 13.2 Å². The number of benzene rings is 3. The molecule has 0 saturated heterocycles. The highest BCUT2D eigenvalue weighted by Crippen LogP contribution is 2.32. The second-order valence-corrected chi connectivity index (χ2v) is 9.77. The smallest absolute Gasteiger partial charge is 0.399 e. The van der Waals surface area contributed by atoms with Gasteiger partial charge in [-0.05, 0) is 47.7 Å². The van der Waals surface area contributed by atoms with Gasteiger partial charge in [0.25, 0.3) is 0 Å². The van der Waals surface area contributed by atoms with Crippen molar-refractivity contribution in [3.8, 4) is 28.0 Å². The first-order chi connectivity index (χ1) is 20.4. The maximum absolute atomic E-state index is 15.0. The van der Waals surface area contributed by atoms with Gasteiger partial charge in [-0.25, -0.2) is 31.9 Å². The zero-order valence-corrected chi connectivity index (χ0v) is 22.9. The molecule has 0 unspecified atom stereocenters. The fourth-order valence-corrected chi connectivity index (χ4v) is 4.38. The highest BCUT2D eigenvalue weighted by atomic mass is 19.4. The summed E-state index contributed by atoms with van der Waals surface area (Å²) in [4.78, 5) is 8.31. The molecule has 0 fully saturated rings. The number of hydrogen-bond donors (Lipinski definition) is 0. The van der Waals surface area contributed by atoms with Gasteiger partial charge < -0.3 is 4.74 Å². The van der Waals surface area contributed by atoms with Crippen molar-refractivity contribution in [2.24, 2.45) is 0 Å². The van der Waals surface area contributed by atoms with Gasteiger partial charge in [-0.2, -0.15) is 0 Å². The Morgan fingerprint density at radius 2 is 1.37 bits per heavy atom. The predicted octanol–water partition coefficient (Wildman–Crippen LogP) is 10.1. The second kappa shape index (κ2) is 13.8. The van der Waals surface area contributed by atoms with Crippen LogP contribution in [0.2, 0.25) is 0 Å². The summed E-state index contributed by atoms with van der Waals surface area (Å²) in [5.41, 5.74) is 1.87. The number of aryl methyl sites for hydroxylation is 2. The Balaban J connectivity index is 1.41. The number of allylic oxidation sites excluding steroid dienone is 1. The van der Waals surface area contributed by atoms with Crippen molar-refractivity contribution in [1.82, 2.24) is 9.97 Å². The van der Waals surface area contributed by atoms with Crippen LogP contribution in [-0.2, 0) is 12.8 Å². The van der Waals surface area contributed by atoms with E-state index in [1.54, 1.807) is 18.2 Å². The minimum absolute atomic E-state index is 0.0204. The van der Waals surface area contributed by atoms with Crippen LogP contribution in [0, 0.1) is 17.5 Å². The summed E-state index contributed by atoms with van der Waals surface area (Å²) in [7, 11) is 0. The molecule has 0 radical (unpaired) electrons. The molecule has 0 spiro atoms. The molecular weight excluding hydrogens is 580 g/mol. The van der Waals surface area contributed by atoms with Gasteiger partial charge in [-0.3, -0.25) is 0 Å². The van der Waals surface area contributed by atoms with E-state index in [0.29, 0.717) is 23.1 Å². The van der Waals surface area contributed by atoms with Crippen LogP contribution in [-0.4, -0.2) is 16.3 Å². The Labute approximate surface area is 242 Å². The van der Waals surface area contributed by atoms with E-state index < -0.39 is 41.2 Å². The maximum Gasteiger partial charge on any atom is 0.573 e. The van der Waals surface area contributed by atoms with E-state index in [1.165, 1.54) is 36.7 Å². The normalized spacial score (nSPS) is 12.3. The molecule has 0 saturated carbocycles. The highest BCUT2D eigenvalue weighted by molar-refractivity contribution is 5.72. The summed E-state index contributed by atoms with van der Waals surface area (Å²) in [5, 5.41) is 0. The number of nitrogens with zero attached hydrogens (tertiary/aromatic N) is 2. The highest BCUT2D eigenvalue weighted by Gasteiger charge is 2.34. The van der Waals surface area contributed by atoms with Crippen molar-refractivity contribution in [3.63, 3.8) is 0 Å². The van der Waals surface area contributed by atoms with E-state index in [9.17, 15) is 30.7 Å². The lowest BCUT2D eigenvalue weighted by Crippen LogP contribution is -2.19. The standard InChI is InChI=1S/C32H26F8N2O/c1-2-3-4-5-25(33)30(37)21-9-7-20(8-10-21)22-11-12-24(26(34)16-22)23-17-41-29(42-18-23)13-6-19-14-27(35)31(28(36)15-19)43-32(38,39)40/h7-12,14-18H,2-6,13H2,1H3. The summed E-state index contributed by atoms with van der Waals surface area (Å²) in [5.74, 6) is -6.51. The van der Waals surface area contributed by atoms with Crippen molar-refractivity contribution in [3.05, 3.63) is 107 Å². The van der Waals surface area contributed by atoms with Crippen molar-refractivity contribution < 1.29 is 39.9 Å². The van der Waals surface area contributed by atoms with Gasteiger partial charge in [0.2, 0.25) is 5.75 Å². The maximum atomic E-state index is 15.0. The lowest BCUT2D eigenvalue weighted by atomic mass is 9.99. The number of alkyl halides is 3. The largest absolute Gasteiger partial charge is 0.573 e. The number of unbranched alkanes of at least 4 members (excludes halogenated alkanes) is 2. The average Bonchev–Trinajstić information content (AvgIpc) is 2.97. The number of ether oxygens (including phenoxy) is 1. The van der Waals surface area contributed by atoms with Crippen LogP contribution < -0.4 is 4.74 Å². The third-order valence-corrected chi connectivity index (χ3v) is 6.61. The lowest BCUT2D eigenvalue weighted by Gasteiger charge is -2.12.